The summed E-state index contributed by atoms with van der Waals surface area (Å²) in [5.41, 5.74) is 0.996. The Balaban J connectivity index is 1.94. The first-order valence-electron chi connectivity index (χ1n) is 7.24. The molecule has 4 atom stereocenters. The second-order valence-electron chi connectivity index (χ2n) is 5.74. The van der Waals surface area contributed by atoms with Gasteiger partial charge in [0.05, 0.1) is 7.11 Å². The fourth-order valence-corrected chi connectivity index (χ4v) is 3.79. The summed E-state index contributed by atoms with van der Waals surface area (Å²) in [5, 5.41) is 3.97. The van der Waals surface area contributed by atoms with Crippen LogP contribution in [0.15, 0.2) is 24.3 Å². The first-order chi connectivity index (χ1) is 10.1. The first kappa shape index (κ1) is 14.5. The smallest absolute Gasteiger partial charge is 0.323 e. The average Bonchev–Trinajstić information content (AvgIpc) is 2.88. The Morgan fingerprint density at radius 2 is 2.05 bits per heavy atom. The van der Waals surface area contributed by atoms with E-state index in [0.29, 0.717) is 11.4 Å². The van der Waals surface area contributed by atoms with Gasteiger partial charge in [0.1, 0.15) is 11.8 Å². The molecule has 1 saturated carbocycles. The van der Waals surface area contributed by atoms with Crippen LogP contribution in [0.4, 0.5) is 0 Å². The predicted octanol–water partition coefficient (Wildman–Crippen LogP) is 2.51. The third-order valence-corrected chi connectivity index (χ3v) is 4.88. The number of ketones is 1. The molecule has 5 heteroatoms. The number of methoxy groups -OCH3 is 1. The Labute approximate surface area is 128 Å². The van der Waals surface area contributed by atoms with Gasteiger partial charge in [0, 0.05) is 23.4 Å². The fraction of sp³-hybridized carbons (Fsp3) is 0.500. The number of fused-ring (bicyclic) bond motifs is 1. The van der Waals surface area contributed by atoms with Crippen LogP contribution in [0, 0.1) is 11.8 Å². The van der Waals surface area contributed by atoms with Gasteiger partial charge in [0.2, 0.25) is 0 Å². The number of Topliss-reactive ketones (excluding diaryl/α,β-unsaturated/α-hetero) is 1. The summed E-state index contributed by atoms with van der Waals surface area (Å²) in [6, 6.07) is 6.92. The lowest BCUT2D eigenvalue weighted by molar-refractivity contribution is -0.144. The van der Waals surface area contributed by atoms with E-state index in [-0.39, 0.29) is 29.6 Å². The molecular weight excluding hydrogens is 290 g/mol. The van der Waals surface area contributed by atoms with E-state index in [4.69, 9.17) is 16.3 Å². The molecule has 1 N–H and O–H groups in total. The number of hydrogen-bond donors (Lipinski definition) is 1. The molecule has 1 aliphatic carbocycles. The quantitative estimate of drug-likeness (QED) is 0.853. The van der Waals surface area contributed by atoms with Crippen LogP contribution >= 0.6 is 11.6 Å². The molecule has 3 rings (SSSR count). The molecule has 1 saturated heterocycles. The maximum atomic E-state index is 12.4. The number of carbonyl (C=O) groups is 2. The number of halogens is 1. The second-order valence-corrected chi connectivity index (χ2v) is 6.18. The number of ether oxygens (including phenoxy) is 1. The summed E-state index contributed by atoms with van der Waals surface area (Å²) in [6.07, 6.45) is 2.33. The highest BCUT2D eigenvalue weighted by atomic mass is 35.5. The van der Waals surface area contributed by atoms with Crippen molar-refractivity contribution in [3.63, 3.8) is 0 Å². The van der Waals surface area contributed by atoms with Crippen molar-refractivity contribution in [1.29, 1.82) is 0 Å². The molecule has 0 bridgehead atoms. The molecule has 21 heavy (non-hydrogen) atoms. The number of rotatable bonds is 2. The van der Waals surface area contributed by atoms with Crippen LogP contribution in [0.25, 0.3) is 0 Å². The highest BCUT2D eigenvalue weighted by Gasteiger charge is 2.51. The van der Waals surface area contributed by atoms with Crippen LogP contribution in [0.3, 0.4) is 0 Å². The van der Waals surface area contributed by atoms with E-state index in [1.165, 1.54) is 7.11 Å². The van der Waals surface area contributed by atoms with E-state index in [1.54, 1.807) is 0 Å². The summed E-state index contributed by atoms with van der Waals surface area (Å²) in [7, 11) is 1.39. The molecule has 1 aliphatic heterocycles. The highest BCUT2D eigenvalue weighted by Crippen LogP contribution is 2.44. The third kappa shape index (κ3) is 2.58. The molecule has 0 spiro atoms. The Hall–Kier alpha value is -1.39. The van der Waals surface area contributed by atoms with Crippen molar-refractivity contribution in [1.82, 2.24) is 5.32 Å². The SMILES string of the molecule is COC(=O)[C@H]1N[C@@H](c2ccc(Cl)cc2)[C@H]2C(=O)CCC[C@H]21. The summed E-state index contributed by atoms with van der Waals surface area (Å²) >= 11 is 5.92. The van der Waals surface area contributed by atoms with Crippen LogP contribution in [-0.4, -0.2) is 24.9 Å². The molecule has 1 aromatic carbocycles. The summed E-state index contributed by atoms with van der Waals surface area (Å²) in [5.74, 6) is -0.162. The van der Waals surface area contributed by atoms with E-state index in [0.717, 1.165) is 18.4 Å². The lowest BCUT2D eigenvalue weighted by atomic mass is 9.74. The van der Waals surface area contributed by atoms with Gasteiger partial charge in [-0.2, -0.15) is 0 Å². The average molecular weight is 308 g/mol. The zero-order valence-electron chi connectivity index (χ0n) is 11.8. The minimum absolute atomic E-state index is 0.0272. The summed E-state index contributed by atoms with van der Waals surface area (Å²) < 4.78 is 4.89. The molecule has 1 aromatic rings. The van der Waals surface area contributed by atoms with Crippen molar-refractivity contribution in [3.8, 4) is 0 Å². The fourth-order valence-electron chi connectivity index (χ4n) is 3.67. The van der Waals surface area contributed by atoms with Crippen LogP contribution < -0.4 is 5.32 Å². The zero-order chi connectivity index (χ0) is 15.0. The molecule has 4 nitrogen and oxygen atoms in total. The Kier molecular flexibility index (Phi) is 4.00. The number of esters is 1. The monoisotopic (exact) mass is 307 g/mol. The standard InChI is InChI=1S/C16H18ClNO3/c1-21-16(20)15-11-3-2-4-12(19)13(11)14(18-15)9-5-7-10(17)8-6-9/h5-8,11,13-15,18H,2-4H2,1H3/t11-,13-,14+,15+/m1/s1. The van der Waals surface area contributed by atoms with E-state index < -0.39 is 6.04 Å². The van der Waals surface area contributed by atoms with Gasteiger partial charge in [-0.05, 0) is 36.5 Å². The van der Waals surface area contributed by atoms with E-state index >= 15 is 0 Å². The maximum absolute atomic E-state index is 12.4. The van der Waals surface area contributed by atoms with Gasteiger partial charge in [0.15, 0.2) is 0 Å². The minimum atomic E-state index is -0.398. The predicted molar refractivity (Wildman–Crippen MR) is 79.0 cm³/mol. The van der Waals surface area contributed by atoms with Crippen molar-refractivity contribution in [2.45, 2.75) is 31.3 Å². The second kappa shape index (κ2) is 5.78. The van der Waals surface area contributed by atoms with Gasteiger partial charge in [0.25, 0.3) is 0 Å². The van der Waals surface area contributed by atoms with Crippen molar-refractivity contribution in [2.75, 3.05) is 7.11 Å². The summed E-state index contributed by atoms with van der Waals surface area (Å²) in [4.78, 5) is 24.4. The van der Waals surface area contributed by atoms with Crippen LogP contribution in [0.2, 0.25) is 5.02 Å². The third-order valence-electron chi connectivity index (χ3n) is 4.62. The molecule has 2 fully saturated rings. The number of nitrogens with one attached hydrogen (secondary N) is 1. The van der Waals surface area contributed by atoms with Gasteiger partial charge in [-0.1, -0.05) is 23.7 Å². The largest absolute Gasteiger partial charge is 0.468 e. The lowest BCUT2D eigenvalue weighted by Gasteiger charge is -2.28. The molecule has 1 heterocycles. The van der Waals surface area contributed by atoms with Gasteiger partial charge in [-0.25, -0.2) is 0 Å². The van der Waals surface area contributed by atoms with Gasteiger partial charge in [-0.3, -0.25) is 14.9 Å². The van der Waals surface area contributed by atoms with E-state index in [1.807, 2.05) is 24.3 Å². The van der Waals surface area contributed by atoms with Gasteiger partial charge < -0.3 is 4.74 Å². The normalized spacial score (nSPS) is 31.8. The molecule has 0 unspecified atom stereocenters. The highest BCUT2D eigenvalue weighted by molar-refractivity contribution is 6.30. The lowest BCUT2D eigenvalue weighted by Crippen LogP contribution is -2.38. The van der Waals surface area contributed by atoms with Crippen molar-refractivity contribution in [3.05, 3.63) is 34.9 Å². The Morgan fingerprint density at radius 3 is 2.71 bits per heavy atom. The van der Waals surface area contributed by atoms with Crippen molar-refractivity contribution in [2.24, 2.45) is 11.8 Å². The zero-order valence-corrected chi connectivity index (χ0v) is 12.6. The van der Waals surface area contributed by atoms with Crippen LogP contribution in [-0.2, 0) is 14.3 Å². The van der Waals surface area contributed by atoms with Gasteiger partial charge >= 0.3 is 5.97 Å². The van der Waals surface area contributed by atoms with E-state index in [9.17, 15) is 9.59 Å². The minimum Gasteiger partial charge on any atom is -0.468 e. The van der Waals surface area contributed by atoms with Gasteiger partial charge in [-0.15, -0.1) is 0 Å². The number of carbonyl (C=O) groups excluding carboxylic acids is 2. The molecule has 2 aliphatic rings. The summed E-state index contributed by atoms with van der Waals surface area (Å²) in [6.45, 7) is 0. The molecule has 0 radical (unpaired) electrons. The van der Waals surface area contributed by atoms with Crippen LogP contribution in [0.1, 0.15) is 30.9 Å². The molecule has 0 amide bonds. The Morgan fingerprint density at radius 1 is 1.33 bits per heavy atom. The Bertz CT molecular complexity index is 557. The maximum Gasteiger partial charge on any atom is 0.323 e. The number of hydrogen-bond acceptors (Lipinski definition) is 4. The van der Waals surface area contributed by atoms with E-state index in [2.05, 4.69) is 5.32 Å². The first-order valence-corrected chi connectivity index (χ1v) is 7.61. The van der Waals surface area contributed by atoms with Crippen LogP contribution in [0.5, 0.6) is 0 Å². The molecule has 112 valence electrons. The molecule has 0 aromatic heterocycles. The molecular formula is C16H18ClNO3. The topological polar surface area (TPSA) is 55.4 Å². The number of benzene rings is 1. The van der Waals surface area contributed by atoms with Crippen molar-refractivity contribution < 1.29 is 14.3 Å². The van der Waals surface area contributed by atoms with Crippen molar-refractivity contribution >= 4 is 23.4 Å².